The first kappa shape index (κ1) is 13.5. The van der Waals surface area contributed by atoms with Gasteiger partial charge in [-0.25, -0.2) is 0 Å². The van der Waals surface area contributed by atoms with E-state index in [4.69, 9.17) is 10.5 Å². The van der Waals surface area contributed by atoms with Crippen molar-refractivity contribution in [1.82, 2.24) is 4.90 Å². The quantitative estimate of drug-likeness (QED) is 0.717. The van der Waals surface area contributed by atoms with Gasteiger partial charge in [0.05, 0.1) is 19.3 Å². The predicted octanol–water partition coefficient (Wildman–Crippen LogP) is 0.652. The first-order valence-corrected chi connectivity index (χ1v) is 4.43. The van der Waals surface area contributed by atoms with Gasteiger partial charge in [0.2, 0.25) is 0 Å². The van der Waals surface area contributed by atoms with E-state index in [0.717, 1.165) is 26.1 Å². The van der Waals surface area contributed by atoms with Crippen molar-refractivity contribution >= 4 is 24.8 Å². The summed E-state index contributed by atoms with van der Waals surface area (Å²) in [5, 5.41) is 0. The summed E-state index contributed by atoms with van der Waals surface area (Å²) in [5.74, 6) is 0. The van der Waals surface area contributed by atoms with Crippen LogP contribution in [0.5, 0.6) is 0 Å². The van der Waals surface area contributed by atoms with Gasteiger partial charge in [0.1, 0.15) is 0 Å². The molecule has 2 aliphatic rings. The molecule has 0 saturated carbocycles. The van der Waals surface area contributed by atoms with Gasteiger partial charge < -0.3 is 10.5 Å². The SMILES string of the molecule is Cl.Cl.NC1CCN(C2COC2)CC1. The Morgan fingerprint density at radius 3 is 2.00 bits per heavy atom. The summed E-state index contributed by atoms with van der Waals surface area (Å²) in [6, 6.07) is 1.16. The van der Waals surface area contributed by atoms with E-state index in [1.165, 1.54) is 13.1 Å². The van der Waals surface area contributed by atoms with Crippen molar-refractivity contribution in [3.05, 3.63) is 0 Å². The minimum Gasteiger partial charge on any atom is -0.378 e. The molecule has 0 atom stereocenters. The second-order valence-electron chi connectivity index (χ2n) is 3.56. The highest BCUT2D eigenvalue weighted by molar-refractivity contribution is 5.85. The lowest BCUT2D eigenvalue weighted by Crippen LogP contribution is -2.53. The molecule has 0 spiro atoms. The van der Waals surface area contributed by atoms with Crippen LogP contribution in [-0.4, -0.2) is 43.3 Å². The maximum atomic E-state index is 5.80. The third-order valence-corrected chi connectivity index (χ3v) is 2.71. The Hall–Kier alpha value is 0.460. The summed E-state index contributed by atoms with van der Waals surface area (Å²) in [7, 11) is 0. The molecule has 2 aliphatic heterocycles. The van der Waals surface area contributed by atoms with Gasteiger partial charge in [0.15, 0.2) is 0 Å². The number of hydrogen-bond acceptors (Lipinski definition) is 3. The maximum Gasteiger partial charge on any atom is 0.0645 e. The molecule has 2 saturated heterocycles. The number of hydrogen-bond donors (Lipinski definition) is 1. The smallest absolute Gasteiger partial charge is 0.0645 e. The Kier molecular flexibility index (Phi) is 6.25. The van der Waals surface area contributed by atoms with E-state index in [-0.39, 0.29) is 24.8 Å². The zero-order valence-electron chi connectivity index (χ0n) is 7.65. The zero-order chi connectivity index (χ0) is 7.68. The first-order valence-electron chi connectivity index (χ1n) is 4.43. The minimum atomic E-state index is 0. The molecule has 13 heavy (non-hydrogen) atoms. The van der Waals surface area contributed by atoms with Crippen LogP contribution in [0.15, 0.2) is 0 Å². The van der Waals surface area contributed by atoms with Crippen molar-refractivity contribution in [3.63, 3.8) is 0 Å². The molecule has 0 aromatic rings. The summed E-state index contributed by atoms with van der Waals surface area (Å²) in [6.07, 6.45) is 2.33. The van der Waals surface area contributed by atoms with Gasteiger partial charge in [-0.1, -0.05) is 0 Å². The van der Waals surface area contributed by atoms with Gasteiger partial charge >= 0.3 is 0 Å². The Morgan fingerprint density at radius 1 is 1.08 bits per heavy atom. The molecule has 3 nitrogen and oxygen atoms in total. The fraction of sp³-hybridized carbons (Fsp3) is 1.00. The van der Waals surface area contributed by atoms with Gasteiger partial charge in [-0.2, -0.15) is 0 Å². The molecule has 2 rings (SSSR count). The second kappa shape index (κ2) is 6.04. The Morgan fingerprint density at radius 2 is 1.62 bits per heavy atom. The van der Waals surface area contributed by atoms with Crippen molar-refractivity contribution in [1.29, 1.82) is 0 Å². The van der Waals surface area contributed by atoms with Crippen molar-refractivity contribution in [3.8, 4) is 0 Å². The van der Waals surface area contributed by atoms with Crippen LogP contribution in [0.4, 0.5) is 0 Å². The lowest BCUT2D eigenvalue weighted by Gasteiger charge is -2.40. The van der Waals surface area contributed by atoms with E-state index in [1.807, 2.05) is 0 Å². The van der Waals surface area contributed by atoms with E-state index in [9.17, 15) is 0 Å². The predicted molar refractivity (Wildman–Crippen MR) is 57.9 cm³/mol. The molecule has 0 aliphatic carbocycles. The average Bonchev–Trinajstić information content (AvgIpc) is 1.90. The molecular weight excluding hydrogens is 211 g/mol. The molecule has 2 fully saturated rings. The normalized spacial score (nSPS) is 25.6. The molecule has 0 bridgehead atoms. The Balaban J connectivity index is 0.000000720. The molecule has 2 heterocycles. The standard InChI is InChI=1S/C8H16N2O.2ClH/c9-7-1-3-10(4-2-7)8-5-11-6-8;;/h7-8H,1-6,9H2;2*1H. The van der Waals surface area contributed by atoms with Crippen molar-refractivity contribution in [2.75, 3.05) is 26.3 Å². The fourth-order valence-electron chi connectivity index (χ4n) is 1.72. The molecule has 0 aromatic heterocycles. The molecule has 5 heteroatoms. The topological polar surface area (TPSA) is 38.5 Å². The van der Waals surface area contributed by atoms with E-state index in [2.05, 4.69) is 4.90 Å². The maximum absolute atomic E-state index is 5.80. The fourth-order valence-corrected chi connectivity index (χ4v) is 1.72. The van der Waals surface area contributed by atoms with Crippen LogP contribution in [0.1, 0.15) is 12.8 Å². The third-order valence-electron chi connectivity index (χ3n) is 2.71. The third kappa shape index (κ3) is 3.26. The molecule has 2 N–H and O–H groups in total. The largest absolute Gasteiger partial charge is 0.378 e. The number of halogens is 2. The molecule has 0 radical (unpaired) electrons. The van der Waals surface area contributed by atoms with Gasteiger partial charge in [-0.3, -0.25) is 4.90 Å². The number of nitrogens with two attached hydrogens (primary N) is 1. The molecule has 0 unspecified atom stereocenters. The van der Waals surface area contributed by atoms with Crippen molar-refractivity contribution in [2.45, 2.75) is 24.9 Å². The van der Waals surface area contributed by atoms with Crippen LogP contribution >= 0.6 is 24.8 Å². The van der Waals surface area contributed by atoms with Crippen LogP contribution in [0.2, 0.25) is 0 Å². The highest BCUT2D eigenvalue weighted by atomic mass is 35.5. The van der Waals surface area contributed by atoms with Crippen LogP contribution in [0.3, 0.4) is 0 Å². The Bertz CT molecular complexity index is 136. The highest BCUT2D eigenvalue weighted by Crippen LogP contribution is 2.16. The Labute approximate surface area is 91.8 Å². The van der Waals surface area contributed by atoms with E-state index >= 15 is 0 Å². The number of likely N-dealkylation sites (tertiary alicyclic amines) is 1. The number of rotatable bonds is 1. The monoisotopic (exact) mass is 228 g/mol. The van der Waals surface area contributed by atoms with Gasteiger partial charge in [-0.05, 0) is 12.8 Å². The molecule has 0 amide bonds. The van der Waals surface area contributed by atoms with Gasteiger partial charge in [0, 0.05) is 19.1 Å². The van der Waals surface area contributed by atoms with Gasteiger partial charge in [0.25, 0.3) is 0 Å². The summed E-state index contributed by atoms with van der Waals surface area (Å²) >= 11 is 0. The second-order valence-corrected chi connectivity index (χ2v) is 3.56. The number of ether oxygens (including phenoxy) is 1. The number of nitrogens with zero attached hydrogens (tertiary/aromatic N) is 1. The molecular formula is C8H18Cl2N2O. The lowest BCUT2D eigenvalue weighted by molar-refractivity contribution is -0.0710. The average molecular weight is 229 g/mol. The van der Waals surface area contributed by atoms with Crippen LogP contribution < -0.4 is 5.73 Å². The van der Waals surface area contributed by atoms with Crippen LogP contribution in [0.25, 0.3) is 0 Å². The number of piperidine rings is 1. The van der Waals surface area contributed by atoms with Crippen molar-refractivity contribution < 1.29 is 4.74 Å². The van der Waals surface area contributed by atoms with Crippen LogP contribution in [0, 0.1) is 0 Å². The first-order chi connectivity index (χ1) is 5.36. The van der Waals surface area contributed by atoms with Crippen LogP contribution in [-0.2, 0) is 4.74 Å². The van der Waals surface area contributed by atoms with E-state index in [0.29, 0.717) is 12.1 Å². The molecule has 0 aromatic carbocycles. The summed E-state index contributed by atoms with van der Waals surface area (Å²) in [4.78, 5) is 2.51. The van der Waals surface area contributed by atoms with E-state index < -0.39 is 0 Å². The summed E-state index contributed by atoms with van der Waals surface area (Å²) in [6.45, 7) is 4.23. The van der Waals surface area contributed by atoms with Crippen molar-refractivity contribution in [2.24, 2.45) is 5.73 Å². The lowest BCUT2D eigenvalue weighted by atomic mass is 10.0. The highest BCUT2D eigenvalue weighted by Gasteiger charge is 2.28. The van der Waals surface area contributed by atoms with E-state index in [1.54, 1.807) is 0 Å². The minimum absolute atomic E-state index is 0. The summed E-state index contributed by atoms with van der Waals surface area (Å²) < 4.78 is 5.14. The molecule has 80 valence electrons. The zero-order valence-corrected chi connectivity index (χ0v) is 9.28. The van der Waals surface area contributed by atoms with Gasteiger partial charge in [-0.15, -0.1) is 24.8 Å². The summed E-state index contributed by atoms with van der Waals surface area (Å²) in [5.41, 5.74) is 5.80.